The number of carboxylic acids is 1. The zero-order valence-corrected chi connectivity index (χ0v) is 9.23. The van der Waals surface area contributed by atoms with Crippen molar-refractivity contribution in [3.63, 3.8) is 0 Å². The SMILES string of the molecule is CCC(O)C(=O)O.[Ba]. The monoisotopic (exact) mass is 242 g/mol. The van der Waals surface area contributed by atoms with Crippen LogP contribution in [0.25, 0.3) is 0 Å². The van der Waals surface area contributed by atoms with Crippen molar-refractivity contribution in [1.29, 1.82) is 0 Å². The second-order valence-corrected chi connectivity index (χ2v) is 1.26. The van der Waals surface area contributed by atoms with Crippen molar-refractivity contribution in [3.8, 4) is 0 Å². The van der Waals surface area contributed by atoms with Crippen molar-refractivity contribution < 1.29 is 15.0 Å². The van der Waals surface area contributed by atoms with Crippen LogP contribution in [0.3, 0.4) is 0 Å². The molecule has 0 saturated heterocycles. The Kier molecular flexibility index (Phi) is 9.00. The molecule has 1 atom stereocenters. The molecule has 0 aliphatic heterocycles. The summed E-state index contributed by atoms with van der Waals surface area (Å²) in [5.41, 5.74) is 0. The van der Waals surface area contributed by atoms with Crippen LogP contribution in [0.1, 0.15) is 13.3 Å². The molecule has 3 nitrogen and oxygen atoms in total. The van der Waals surface area contributed by atoms with Gasteiger partial charge in [-0.05, 0) is 6.42 Å². The van der Waals surface area contributed by atoms with Gasteiger partial charge in [0.25, 0.3) is 0 Å². The van der Waals surface area contributed by atoms with Gasteiger partial charge in [0.2, 0.25) is 0 Å². The van der Waals surface area contributed by atoms with E-state index < -0.39 is 12.1 Å². The van der Waals surface area contributed by atoms with Crippen LogP contribution in [-0.4, -0.2) is 71.2 Å². The van der Waals surface area contributed by atoms with Gasteiger partial charge in [0.15, 0.2) is 6.10 Å². The fourth-order valence-corrected chi connectivity index (χ4v) is 0.175. The Bertz CT molecular complexity index is 73.7. The molecule has 8 heavy (non-hydrogen) atoms. The Labute approximate surface area is 88.2 Å². The third-order valence-corrected chi connectivity index (χ3v) is 0.672. The Morgan fingerprint density at radius 2 is 2.12 bits per heavy atom. The zero-order valence-electron chi connectivity index (χ0n) is 4.79. The van der Waals surface area contributed by atoms with Gasteiger partial charge in [0.05, 0.1) is 0 Å². The Balaban J connectivity index is 0. The molecule has 0 aliphatic rings. The van der Waals surface area contributed by atoms with E-state index in [1.165, 1.54) is 0 Å². The van der Waals surface area contributed by atoms with Crippen LogP contribution in [0.2, 0.25) is 0 Å². The quantitative estimate of drug-likeness (QED) is 0.639. The number of aliphatic hydroxyl groups excluding tert-OH is 1. The third kappa shape index (κ3) is 5.14. The van der Waals surface area contributed by atoms with Gasteiger partial charge in [-0.15, -0.1) is 0 Å². The zero-order chi connectivity index (χ0) is 5.86. The van der Waals surface area contributed by atoms with E-state index in [-0.39, 0.29) is 55.3 Å². The molecule has 0 aromatic carbocycles. The summed E-state index contributed by atoms with van der Waals surface area (Å²) in [6, 6.07) is 0. The number of aliphatic hydroxyl groups is 1. The number of carboxylic acid groups (broad SMARTS) is 1. The van der Waals surface area contributed by atoms with E-state index in [1.807, 2.05) is 0 Å². The molecular weight excluding hydrogens is 233 g/mol. The summed E-state index contributed by atoms with van der Waals surface area (Å²) in [7, 11) is 0. The largest absolute Gasteiger partial charge is 0.479 e. The first-order valence-corrected chi connectivity index (χ1v) is 2.09. The predicted octanol–water partition coefficient (Wildman–Crippen LogP) is -0.539. The van der Waals surface area contributed by atoms with Crippen LogP contribution in [0.4, 0.5) is 0 Å². The number of rotatable bonds is 2. The molecule has 0 bridgehead atoms. The maximum atomic E-state index is 9.68. The summed E-state index contributed by atoms with van der Waals surface area (Å²) in [5, 5.41) is 16.3. The van der Waals surface area contributed by atoms with E-state index >= 15 is 0 Å². The van der Waals surface area contributed by atoms with Crippen molar-refractivity contribution in [3.05, 3.63) is 0 Å². The summed E-state index contributed by atoms with van der Waals surface area (Å²) < 4.78 is 0. The molecule has 0 aliphatic carbocycles. The van der Waals surface area contributed by atoms with E-state index in [4.69, 9.17) is 10.2 Å². The predicted molar refractivity (Wildman–Crippen MR) is 29.7 cm³/mol. The van der Waals surface area contributed by atoms with Gasteiger partial charge in [-0.3, -0.25) is 0 Å². The molecule has 1 unspecified atom stereocenters. The summed E-state index contributed by atoms with van der Waals surface area (Å²) in [5.74, 6) is -1.15. The minimum atomic E-state index is -1.18. The number of aliphatic carboxylic acids is 1. The van der Waals surface area contributed by atoms with E-state index in [1.54, 1.807) is 6.92 Å². The molecule has 0 saturated carbocycles. The first-order chi connectivity index (χ1) is 3.18. The van der Waals surface area contributed by atoms with Gasteiger partial charge in [0.1, 0.15) is 0 Å². The third-order valence-electron chi connectivity index (χ3n) is 0.672. The molecule has 4 heteroatoms. The number of hydrogen-bond donors (Lipinski definition) is 2. The van der Waals surface area contributed by atoms with Gasteiger partial charge in [-0.25, -0.2) is 4.79 Å². The van der Waals surface area contributed by atoms with Crippen molar-refractivity contribution in [1.82, 2.24) is 0 Å². The molecule has 0 amide bonds. The maximum Gasteiger partial charge on any atom is 0.332 e. The maximum absolute atomic E-state index is 9.68. The van der Waals surface area contributed by atoms with Crippen LogP contribution >= 0.6 is 0 Å². The van der Waals surface area contributed by atoms with E-state index in [0.717, 1.165) is 0 Å². The van der Waals surface area contributed by atoms with Crippen molar-refractivity contribution >= 4 is 54.9 Å². The minimum Gasteiger partial charge on any atom is -0.479 e. The Morgan fingerprint density at radius 1 is 1.75 bits per heavy atom. The normalized spacial score (nSPS) is 11.8. The summed E-state index contributed by atoms with van der Waals surface area (Å²) in [6.45, 7) is 1.61. The number of carbonyl (C=O) groups is 1. The Hall–Kier alpha value is 1.00. The van der Waals surface area contributed by atoms with Crippen molar-refractivity contribution in [2.75, 3.05) is 0 Å². The van der Waals surface area contributed by atoms with Gasteiger partial charge in [-0.1, -0.05) is 6.92 Å². The first-order valence-electron chi connectivity index (χ1n) is 2.09. The standard InChI is InChI=1S/C4H8O3.Ba/c1-2-3(5)4(6)7;/h3,5H,2H2,1H3,(H,6,7);. The summed E-state index contributed by atoms with van der Waals surface area (Å²) in [6.07, 6.45) is -0.907. The smallest absolute Gasteiger partial charge is 0.332 e. The second kappa shape index (κ2) is 6.13. The molecule has 0 heterocycles. The fourth-order valence-electron chi connectivity index (χ4n) is 0.175. The molecule has 44 valence electrons. The molecule has 0 spiro atoms. The van der Waals surface area contributed by atoms with Crippen LogP contribution in [-0.2, 0) is 4.79 Å². The van der Waals surface area contributed by atoms with Crippen molar-refractivity contribution in [2.45, 2.75) is 19.4 Å². The van der Waals surface area contributed by atoms with Gasteiger partial charge in [0, 0.05) is 48.9 Å². The van der Waals surface area contributed by atoms with Crippen LogP contribution in [0, 0.1) is 0 Å². The molecule has 2 N–H and O–H groups in total. The van der Waals surface area contributed by atoms with Crippen LogP contribution in [0.5, 0.6) is 0 Å². The van der Waals surface area contributed by atoms with E-state index in [2.05, 4.69) is 0 Å². The van der Waals surface area contributed by atoms with Gasteiger partial charge < -0.3 is 10.2 Å². The Morgan fingerprint density at radius 3 is 2.12 bits per heavy atom. The second-order valence-electron chi connectivity index (χ2n) is 1.26. The average Bonchev–Trinajstić information content (AvgIpc) is 1.65. The summed E-state index contributed by atoms with van der Waals surface area (Å²) >= 11 is 0. The van der Waals surface area contributed by atoms with E-state index in [0.29, 0.717) is 0 Å². The van der Waals surface area contributed by atoms with Crippen LogP contribution < -0.4 is 0 Å². The molecule has 0 fully saturated rings. The van der Waals surface area contributed by atoms with Crippen molar-refractivity contribution in [2.24, 2.45) is 0 Å². The van der Waals surface area contributed by atoms with Crippen LogP contribution in [0.15, 0.2) is 0 Å². The molecule has 0 aromatic heterocycles. The van der Waals surface area contributed by atoms with Gasteiger partial charge >= 0.3 is 5.97 Å². The molecule has 0 aromatic rings. The topological polar surface area (TPSA) is 57.5 Å². The van der Waals surface area contributed by atoms with Gasteiger partial charge in [-0.2, -0.15) is 0 Å². The minimum absolute atomic E-state index is 0. The van der Waals surface area contributed by atoms with E-state index in [9.17, 15) is 4.79 Å². The fraction of sp³-hybridized carbons (Fsp3) is 0.750. The molecule has 0 rings (SSSR count). The average molecular weight is 241 g/mol. The first kappa shape index (κ1) is 11.8. The molecule has 2 radical (unpaired) electrons. The number of hydrogen-bond acceptors (Lipinski definition) is 2. The summed E-state index contributed by atoms with van der Waals surface area (Å²) in [4.78, 5) is 9.68. The molecular formula is C4H8BaO3.